The van der Waals surface area contributed by atoms with Gasteiger partial charge in [-0.1, -0.05) is 29.3 Å². The Morgan fingerprint density at radius 3 is 2.75 bits per heavy atom. The summed E-state index contributed by atoms with van der Waals surface area (Å²) in [7, 11) is 1.80. The van der Waals surface area contributed by atoms with Crippen LogP contribution in [0.5, 0.6) is 0 Å². The Kier molecular flexibility index (Phi) is 6.40. The van der Waals surface area contributed by atoms with Crippen LogP contribution in [0.15, 0.2) is 18.2 Å². The van der Waals surface area contributed by atoms with Gasteiger partial charge in [0.1, 0.15) is 11.4 Å². The van der Waals surface area contributed by atoms with Crippen LogP contribution in [-0.4, -0.2) is 44.6 Å². The Bertz CT molecular complexity index is 1070. The zero-order valence-corrected chi connectivity index (χ0v) is 20.8. The number of ether oxygens (including phenoxy) is 1. The lowest BCUT2D eigenvalue weighted by atomic mass is 9.99. The molecular weight excluding hydrogens is 471 g/mol. The first-order valence-corrected chi connectivity index (χ1v) is 12.3. The van der Waals surface area contributed by atoms with Crippen molar-refractivity contribution in [1.29, 1.82) is 0 Å². The van der Waals surface area contributed by atoms with Crippen molar-refractivity contribution < 1.29 is 14.3 Å². The monoisotopic (exact) mass is 496 g/mol. The molecule has 4 rings (SSSR count). The summed E-state index contributed by atoms with van der Waals surface area (Å²) in [5, 5.41) is 8.59. The van der Waals surface area contributed by atoms with Gasteiger partial charge in [0.2, 0.25) is 5.91 Å². The number of likely N-dealkylation sites (tertiary alicyclic amines) is 1. The maximum atomic E-state index is 12.9. The summed E-state index contributed by atoms with van der Waals surface area (Å²) < 4.78 is 7.33. The van der Waals surface area contributed by atoms with E-state index in [0.717, 1.165) is 29.7 Å². The van der Waals surface area contributed by atoms with Crippen LogP contribution < -0.4 is 5.32 Å². The van der Waals surface area contributed by atoms with Crippen molar-refractivity contribution in [3.05, 3.63) is 45.1 Å². The van der Waals surface area contributed by atoms with Gasteiger partial charge >= 0.3 is 6.09 Å². The lowest BCUT2D eigenvalue weighted by Gasteiger charge is -2.29. The lowest BCUT2D eigenvalue weighted by Crippen LogP contribution is -2.36. The van der Waals surface area contributed by atoms with Gasteiger partial charge in [0, 0.05) is 29.2 Å². The van der Waals surface area contributed by atoms with Crippen LogP contribution in [0.25, 0.3) is 0 Å². The molecule has 32 heavy (non-hydrogen) atoms. The topological polar surface area (TPSA) is 76.5 Å². The van der Waals surface area contributed by atoms with Crippen LogP contribution in [0.4, 0.5) is 10.6 Å². The molecule has 1 fully saturated rings. The number of fused-ring (bicyclic) bond motifs is 1. The number of amides is 2. The first kappa shape index (κ1) is 23.3. The lowest BCUT2D eigenvalue weighted by molar-refractivity contribution is -0.113. The average molecular weight is 497 g/mol. The van der Waals surface area contributed by atoms with Crippen molar-refractivity contribution in [2.75, 3.05) is 17.6 Å². The van der Waals surface area contributed by atoms with Crippen molar-refractivity contribution in [2.24, 2.45) is 7.05 Å². The Morgan fingerprint density at radius 2 is 2.06 bits per heavy atom. The number of aryl methyl sites for hydroxylation is 1. The Balaban J connectivity index is 1.81. The molecule has 2 atom stereocenters. The number of hydrogen-bond acceptors (Lipinski definition) is 5. The quantitative estimate of drug-likeness (QED) is 0.587. The van der Waals surface area contributed by atoms with Gasteiger partial charge in [-0.3, -0.25) is 14.4 Å². The molecule has 3 heterocycles. The Morgan fingerprint density at radius 1 is 1.31 bits per heavy atom. The van der Waals surface area contributed by atoms with Crippen molar-refractivity contribution >= 4 is 52.8 Å². The molecule has 2 aliphatic rings. The fraction of sp³-hybridized carbons (Fsp3) is 0.500. The molecule has 0 aliphatic carbocycles. The van der Waals surface area contributed by atoms with E-state index in [1.165, 1.54) is 11.8 Å². The highest BCUT2D eigenvalue weighted by Gasteiger charge is 2.40. The van der Waals surface area contributed by atoms with E-state index in [0.29, 0.717) is 22.4 Å². The van der Waals surface area contributed by atoms with Crippen LogP contribution >= 0.6 is 35.0 Å². The molecule has 0 spiro atoms. The minimum Gasteiger partial charge on any atom is -0.444 e. The second kappa shape index (κ2) is 8.80. The summed E-state index contributed by atoms with van der Waals surface area (Å²) in [6.07, 6.45) is 1.26. The van der Waals surface area contributed by atoms with Crippen LogP contribution in [-0.2, 0) is 16.6 Å². The smallest absolute Gasteiger partial charge is 0.410 e. The van der Waals surface area contributed by atoms with Gasteiger partial charge in [0.25, 0.3) is 0 Å². The summed E-state index contributed by atoms with van der Waals surface area (Å²) >= 11 is 14.2. The van der Waals surface area contributed by atoms with E-state index < -0.39 is 5.60 Å². The van der Waals surface area contributed by atoms with E-state index in [4.69, 9.17) is 33.0 Å². The molecule has 0 saturated carbocycles. The molecule has 0 bridgehead atoms. The van der Waals surface area contributed by atoms with Crippen LogP contribution in [0.1, 0.15) is 61.7 Å². The molecule has 1 aromatic carbocycles. The molecule has 172 valence electrons. The van der Waals surface area contributed by atoms with Crippen LogP contribution in [0, 0.1) is 0 Å². The molecular formula is C22H26Cl2N4O3S. The van der Waals surface area contributed by atoms with E-state index in [1.807, 2.05) is 26.8 Å². The number of carbonyl (C=O) groups excluding carboxylic acids is 2. The Labute approximate surface area is 201 Å². The minimum atomic E-state index is -0.589. The second-order valence-corrected chi connectivity index (χ2v) is 10.9. The van der Waals surface area contributed by atoms with E-state index in [2.05, 4.69) is 5.32 Å². The van der Waals surface area contributed by atoms with Gasteiger partial charge in [-0.2, -0.15) is 5.10 Å². The summed E-state index contributed by atoms with van der Waals surface area (Å²) in [5.74, 6) is 0.800. The van der Waals surface area contributed by atoms with Crippen molar-refractivity contribution in [1.82, 2.24) is 14.7 Å². The maximum Gasteiger partial charge on any atom is 0.410 e. The third-order valence-corrected chi connectivity index (χ3v) is 7.27. The number of hydrogen-bond donors (Lipinski definition) is 1. The largest absolute Gasteiger partial charge is 0.444 e. The number of benzene rings is 1. The fourth-order valence-electron chi connectivity index (χ4n) is 4.17. The normalized spacial score (nSPS) is 21.2. The number of carbonyl (C=O) groups is 2. The highest BCUT2D eigenvalue weighted by Crippen LogP contribution is 2.48. The first-order valence-electron chi connectivity index (χ1n) is 10.5. The fourth-order valence-corrected chi connectivity index (χ4v) is 5.93. The summed E-state index contributed by atoms with van der Waals surface area (Å²) in [6, 6.07) is 5.14. The van der Waals surface area contributed by atoms with E-state index in [-0.39, 0.29) is 29.0 Å². The van der Waals surface area contributed by atoms with E-state index >= 15 is 0 Å². The number of rotatable bonds is 2. The average Bonchev–Trinajstić information content (AvgIpc) is 3.23. The maximum absolute atomic E-state index is 12.9. The van der Waals surface area contributed by atoms with Crippen molar-refractivity contribution in [2.45, 2.75) is 50.5 Å². The molecule has 7 nitrogen and oxygen atoms in total. The molecule has 2 aromatic rings. The zero-order chi connectivity index (χ0) is 23.2. The van der Waals surface area contributed by atoms with Gasteiger partial charge < -0.3 is 10.1 Å². The van der Waals surface area contributed by atoms with Gasteiger partial charge in [0.05, 0.1) is 22.7 Å². The predicted molar refractivity (Wildman–Crippen MR) is 128 cm³/mol. The summed E-state index contributed by atoms with van der Waals surface area (Å²) in [6.45, 7) is 6.16. The van der Waals surface area contributed by atoms with Crippen molar-refractivity contribution in [3.8, 4) is 0 Å². The number of thioether (sulfide) groups is 1. The van der Waals surface area contributed by atoms with Gasteiger partial charge in [-0.15, -0.1) is 11.8 Å². The minimum absolute atomic E-state index is 0.103. The summed E-state index contributed by atoms with van der Waals surface area (Å²) in [5.41, 5.74) is 1.90. The Hall–Kier alpha value is -1.90. The molecule has 2 aliphatic heterocycles. The molecule has 2 unspecified atom stereocenters. The molecule has 1 N–H and O–H groups in total. The number of anilines is 1. The zero-order valence-electron chi connectivity index (χ0n) is 18.4. The van der Waals surface area contributed by atoms with E-state index in [9.17, 15) is 9.59 Å². The van der Waals surface area contributed by atoms with Gasteiger partial charge in [0.15, 0.2) is 0 Å². The van der Waals surface area contributed by atoms with Gasteiger partial charge in [-0.25, -0.2) is 4.79 Å². The highest BCUT2D eigenvalue weighted by atomic mass is 35.5. The third-order valence-electron chi connectivity index (χ3n) is 5.45. The van der Waals surface area contributed by atoms with Crippen LogP contribution in [0.2, 0.25) is 10.0 Å². The standard InChI is InChI=1S/C22H26Cl2N4O3S/c1-22(2,3)31-21(30)28-9-5-6-15(28)18-17-19(13-8-7-12(23)10-14(13)24)32-11-16(29)25-20(17)27(4)26-18/h7-8,10,15,19H,5-6,9,11H2,1-4H3,(H,25,29). The number of aromatic nitrogens is 2. The third kappa shape index (κ3) is 4.58. The molecule has 10 heteroatoms. The van der Waals surface area contributed by atoms with E-state index in [1.54, 1.807) is 28.8 Å². The van der Waals surface area contributed by atoms with Crippen LogP contribution in [0.3, 0.4) is 0 Å². The highest BCUT2D eigenvalue weighted by molar-refractivity contribution is 8.00. The molecule has 1 saturated heterocycles. The number of nitrogens with zero attached hydrogens (tertiary/aromatic N) is 3. The SMILES string of the molecule is Cn1nc(C2CCCN2C(=O)OC(C)(C)C)c2c1NC(=O)CSC2c1ccc(Cl)cc1Cl. The first-order chi connectivity index (χ1) is 15.0. The summed E-state index contributed by atoms with van der Waals surface area (Å²) in [4.78, 5) is 27.1. The number of nitrogens with one attached hydrogen (secondary N) is 1. The molecule has 0 radical (unpaired) electrons. The number of halogens is 2. The van der Waals surface area contributed by atoms with Gasteiger partial charge in [-0.05, 0) is 51.3 Å². The van der Waals surface area contributed by atoms with Crippen molar-refractivity contribution in [3.63, 3.8) is 0 Å². The predicted octanol–water partition coefficient (Wildman–Crippen LogP) is 5.57. The second-order valence-electron chi connectivity index (χ2n) is 9.01. The molecule has 2 amide bonds. The molecule has 1 aromatic heterocycles.